The third-order valence-electron chi connectivity index (χ3n) is 5.83. The van der Waals surface area contributed by atoms with Gasteiger partial charge in [0.1, 0.15) is 17.4 Å². The van der Waals surface area contributed by atoms with Crippen molar-refractivity contribution in [2.45, 2.75) is 32.2 Å². The summed E-state index contributed by atoms with van der Waals surface area (Å²) in [5, 5.41) is 5.33. The van der Waals surface area contributed by atoms with Crippen molar-refractivity contribution in [2.75, 3.05) is 29.9 Å². The molecule has 35 heavy (non-hydrogen) atoms. The standard InChI is InChI=1S/C27H29FN4O3/c28-22-10-4-5-11-23(22)31-26(33)19-35-24-12-6-3-9-21(24)27(34)30-18-20-13-14-25(29-17-20)32-15-7-1-2-8-16-32/h3-6,9-14,17H,1-2,7-8,15-16,18-19H2,(H,30,34)(H,31,33). The van der Waals surface area contributed by atoms with Gasteiger partial charge in [0, 0.05) is 25.8 Å². The lowest BCUT2D eigenvalue weighted by molar-refractivity contribution is -0.118. The molecule has 8 heteroatoms. The van der Waals surface area contributed by atoms with Crippen LogP contribution < -0.4 is 20.3 Å². The zero-order valence-corrected chi connectivity index (χ0v) is 19.5. The van der Waals surface area contributed by atoms with Crippen LogP contribution in [0.2, 0.25) is 0 Å². The Kier molecular flexibility index (Phi) is 8.27. The van der Waals surface area contributed by atoms with Crippen molar-refractivity contribution in [3.05, 3.63) is 83.8 Å². The van der Waals surface area contributed by atoms with Crippen molar-refractivity contribution in [3.63, 3.8) is 0 Å². The third-order valence-corrected chi connectivity index (χ3v) is 5.83. The molecule has 182 valence electrons. The van der Waals surface area contributed by atoms with Crippen molar-refractivity contribution >= 4 is 23.3 Å². The third kappa shape index (κ3) is 6.79. The van der Waals surface area contributed by atoms with Crippen molar-refractivity contribution in [1.29, 1.82) is 0 Å². The molecule has 0 bridgehead atoms. The predicted molar refractivity (Wildman–Crippen MR) is 133 cm³/mol. The van der Waals surface area contributed by atoms with E-state index in [0.717, 1.165) is 24.5 Å². The maximum Gasteiger partial charge on any atom is 0.262 e. The number of halogens is 1. The topological polar surface area (TPSA) is 83.6 Å². The summed E-state index contributed by atoms with van der Waals surface area (Å²) in [6.07, 6.45) is 6.69. The van der Waals surface area contributed by atoms with E-state index in [2.05, 4.69) is 20.5 Å². The van der Waals surface area contributed by atoms with Gasteiger partial charge in [-0.05, 0) is 48.7 Å². The van der Waals surface area contributed by atoms with Crippen LogP contribution in [0.25, 0.3) is 0 Å². The first kappa shape index (κ1) is 24.2. The summed E-state index contributed by atoms with van der Waals surface area (Å²) in [5.41, 5.74) is 1.27. The number of rotatable bonds is 8. The van der Waals surface area contributed by atoms with Gasteiger partial charge in [-0.25, -0.2) is 9.37 Å². The van der Waals surface area contributed by atoms with Gasteiger partial charge in [-0.15, -0.1) is 0 Å². The number of ether oxygens (including phenoxy) is 1. The molecular weight excluding hydrogens is 447 g/mol. The second-order valence-corrected chi connectivity index (χ2v) is 8.42. The normalized spacial score (nSPS) is 13.6. The van der Waals surface area contributed by atoms with Gasteiger partial charge in [0.25, 0.3) is 11.8 Å². The van der Waals surface area contributed by atoms with Crippen molar-refractivity contribution < 1.29 is 18.7 Å². The Hall–Kier alpha value is -3.94. The van der Waals surface area contributed by atoms with Crippen LogP contribution >= 0.6 is 0 Å². The minimum Gasteiger partial charge on any atom is -0.483 e. The molecule has 2 heterocycles. The van der Waals surface area contributed by atoms with E-state index >= 15 is 0 Å². The summed E-state index contributed by atoms with van der Waals surface area (Å²) >= 11 is 0. The van der Waals surface area contributed by atoms with Crippen LogP contribution in [0.5, 0.6) is 5.75 Å². The highest BCUT2D eigenvalue weighted by atomic mass is 19.1. The second-order valence-electron chi connectivity index (χ2n) is 8.42. The van der Waals surface area contributed by atoms with E-state index in [1.54, 1.807) is 36.5 Å². The predicted octanol–water partition coefficient (Wildman–Crippen LogP) is 4.55. The van der Waals surface area contributed by atoms with Gasteiger partial charge in [-0.3, -0.25) is 9.59 Å². The molecule has 2 N–H and O–H groups in total. The molecule has 0 atom stereocenters. The Bertz CT molecular complexity index is 1150. The number of carbonyl (C=O) groups excluding carboxylic acids is 2. The highest BCUT2D eigenvalue weighted by molar-refractivity contribution is 5.97. The van der Waals surface area contributed by atoms with E-state index in [4.69, 9.17) is 4.74 Å². The molecule has 4 rings (SSSR count). The van der Waals surface area contributed by atoms with E-state index in [1.165, 1.54) is 43.9 Å². The maximum absolute atomic E-state index is 13.7. The van der Waals surface area contributed by atoms with Gasteiger partial charge in [-0.1, -0.05) is 43.2 Å². The number of nitrogens with zero attached hydrogens (tertiary/aromatic N) is 2. The zero-order chi connectivity index (χ0) is 24.5. The minimum atomic E-state index is -0.533. The van der Waals surface area contributed by atoms with Crippen LogP contribution in [0.1, 0.15) is 41.6 Å². The first-order chi connectivity index (χ1) is 17.1. The monoisotopic (exact) mass is 476 g/mol. The largest absolute Gasteiger partial charge is 0.483 e. The Labute approximate surface area is 204 Å². The quantitative estimate of drug-likeness (QED) is 0.499. The fourth-order valence-corrected chi connectivity index (χ4v) is 3.96. The van der Waals surface area contributed by atoms with Crippen LogP contribution in [0.3, 0.4) is 0 Å². The number of hydrogen-bond donors (Lipinski definition) is 2. The summed E-state index contributed by atoms with van der Waals surface area (Å²) in [6, 6.07) is 16.5. The van der Waals surface area contributed by atoms with Crippen LogP contribution in [0, 0.1) is 5.82 Å². The molecule has 1 fully saturated rings. The molecule has 0 radical (unpaired) electrons. The fraction of sp³-hybridized carbons (Fsp3) is 0.296. The highest BCUT2D eigenvalue weighted by Gasteiger charge is 2.15. The summed E-state index contributed by atoms with van der Waals surface area (Å²) < 4.78 is 19.3. The van der Waals surface area contributed by atoms with Gasteiger partial charge in [0.2, 0.25) is 0 Å². The lowest BCUT2D eigenvalue weighted by Gasteiger charge is -2.21. The van der Waals surface area contributed by atoms with Gasteiger partial charge < -0.3 is 20.3 Å². The molecule has 7 nitrogen and oxygen atoms in total. The number of amides is 2. The second kappa shape index (κ2) is 12.0. The summed E-state index contributed by atoms with van der Waals surface area (Å²) in [5.74, 6) is -0.153. The molecule has 0 aliphatic carbocycles. The van der Waals surface area contributed by atoms with E-state index in [0.29, 0.717) is 12.1 Å². The van der Waals surface area contributed by atoms with Crippen molar-refractivity contribution in [2.24, 2.45) is 0 Å². The molecule has 1 aromatic heterocycles. The smallest absolute Gasteiger partial charge is 0.262 e. The molecular formula is C27H29FN4O3. The number of nitrogens with one attached hydrogen (secondary N) is 2. The van der Waals surface area contributed by atoms with Crippen LogP contribution in [-0.4, -0.2) is 36.5 Å². The van der Waals surface area contributed by atoms with E-state index < -0.39 is 11.7 Å². The van der Waals surface area contributed by atoms with Crippen LogP contribution in [0.4, 0.5) is 15.9 Å². The number of carbonyl (C=O) groups is 2. The average Bonchev–Trinajstić information content (AvgIpc) is 3.18. The number of benzene rings is 2. The number of hydrogen-bond acceptors (Lipinski definition) is 5. The summed E-state index contributed by atoms with van der Waals surface area (Å²) in [7, 11) is 0. The molecule has 1 aliphatic rings. The number of para-hydroxylation sites is 2. The lowest BCUT2D eigenvalue weighted by Crippen LogP contribution is -2.26. The average molecular weight is 477 g/mol. The Morgan fingerprint density at radius 2 is 1.69 bits per heavy atom. The van der Waals surface area contributed by atoms with Crippen LogP contribution in [0.15, 0.2) is 66.9 Å². The first-order valence-electron chi connectivity index (χ1n) is 11.8. The zero-order valence-electron chi connectivity index (χ0n) is 19.5. The first-order valence-corrected chi connectivity index (χ1v) is 11.8. The maximum atomic E-state index is 13.7. The molecule has 0 saturated carbocycles. The Morgan fingerprint density at radius 1 is 0.943 bits per heavy atom. The number of anilines is 2. The molecule has 3 aromatic rings. The van der Waals surface area contributed by atoms with Gasteiger partial charge in [0.05, 0.1) is 11.3 Å². The molecule has 2 amide bonds. The lowest BCUT2D eigenvalue weighted by atomic mass is 10.2. The molecule has 0 unspecified atom stereocenters. The highest BCUT2D eigenvalue weighted by Crippen LogP contribution is 2.20. The van der Waals surface area contributed by atoms with E-state index in [1.807, 2.05) is 12.1 Å². The molecule has 1 saturated heterocycles. The van der Waals surface area contributed by atoms with Crippen molar-refractivity contribution in [3.8, 4) is 5.75 Å². The van der Waals surface area contributed by atoms with E-state index in [9.17, 15) is 14.0 Å². The number of pyridine rings is 1. The SMILES string of the molecule is O=C(COc1ccccc1C(=O)NCc1ccc(N2CCCCCC2)nc1)Nc1ccccc1F. The summed E-state index contributed by atoms with van der Waals surface area (Å²) in [6.45, 7) is 2.01. The van der Waals surface area contributed by atoms with E-state index in [-0.39, 0.29) is 24.0 Å². The number of aromatic nitrogens is 1. The molecule has 0 spiro atoms. The minimum absolute atomic E-state index is 0.0719. The Balaban J connectivity index is 1.31. The molecule has 2 aromatic carbocycles. The van der Waals surface area contributed by atoms with Gasteiger partial charge >= 0.3 is 0 Å². The van der Waals surface area contributed by atoms with Crippen LogP contribution in [-0.2, 0) is 11.3 Å². The summed E-state index contributed by atoms with van der Waals surface area (Å²) in [4.78, 5) is 31.9. The van der Waals surface area contributed by atoms with Gasteiger partial charge in [0.15, 0.2) is 6.61 Å². The fourth-order valence-electron chi connectivity index (χ4n) is 3.96. The Morgan fingerprint density at radius 3 is 2.43 bits per heavy atom. The molecule has 1 aliphatic heterocycles. The van der Waals surface area contributed by atoms with Crippen molar-refractivity contribution in [1.82, 2.24) is 10.3 Å². The van der Waals surface area contributed by atoms with Gasteiger partial charge in [-0.2, -0.15) is 0 Å².